The van der Waals surface area contributed by atoms with Crippen molar-refractivity contribution in [3.63, 3.8) is 0 Å². The molecule has 0 radical (unpaired) electrons. The fourth-order valence-corrected chi connectivity index (χ4v) is 1.77. The van der Waals surface area contributed by atoms with Crippen molar-refractivity contribution in [1.29, 1.82) is 5.26 Å². The molecule has 1 rings (SSSR count). The predicted octanol–water partition coefficient (Wildman–Crippen LogP) is 3.62. The van der Waals surface area contributed by atoms with Gasteiger partial charge in [0.15, 0.2) is 0 Å². The molecule has 0 saturated heterocycles. The minimum Gasteiger partial charge on any atom is -0.493 e. The molecule has 100 valence electrons. The zero-order valence-corrected chi connectivity index (χ0v) is 12.1. The third-order valence-corrected chi connectivity index (χ3v) is 2.87. The third kappa shape index (κ3) is 4.76. The number of hydrogen-bond donors (Lipinski definition) is 1. The van der Waals surface area contributed by atoms with E-state index in [9.17, 15) is 4.79 Å². The molecule has 0 fully saturated rings. The molecule has 0 amide bonds. The van der Waals surface area contributed by atoms with Crippen LogP contribution in [0.4, 0.5) is 0 Å². The van der Waals surface area contributed by atoms with Gasteiger partial charge >= 0.3 is 5.97 Å². The largest absolute Gasteiger partial charge is 0.493 e. The van der Waals surface area contributed by atoms with Crippen LogP contribution in [0.2, 0.25) is 0 Å². The van der Waals surface area contributed by atoms with Crippen LogP contribution in [-0.4, -0.2) is 17.7 Å². The number of carboxylic acids is 1. The number of rotatable bonds is 6. The summed E-state index contributed by atoms with van der Waals surface area (Å²) in [5.41, 5.74) is 0.253. The van der Waals surface area contributed by atoms with E-state index in [0.717, 1.165) is 17.3 Å². The number of nitrogens with zero attached hydrogens (tertiary/aromatic N) is 1. The first-order valence-corrected chi connectivity index (χ1v) is 6.65. The topological polar surface area (TPSA) is 70.3 Å². The van der Waals surface area contributed by atoms with Crippen molar-refractivity contribution in [2.75, 3.05) is 6.61 Å². The SMILES string of the molecule is CCCCOc1ccc(Br)cc1C=C(C#N)C(=O)O. The van der Waals surface area contributed by atoms with Crippen LogP contribution in [0, 0.1) is 11.3 Å². The molecule has 0 saturated carbocycles. The Morgan fingerprint density at radius 3 is 2.89 bits per heavy atom. The summed E-state index contributed by atoms with van der Waals surface area (Å²) in [6.45, 7) is 2.62. The summed E-state index contributed by atoms with van der Waals surface area (Å²) in [6.07, 6.45) is 3.25. The van der Waals surface area contributed by atoms with Gasteiger partial charge in [-0.1, -0.05) is 29.3 Å². The first-order chi connectivity index (χ1) is 9.08. The summed E-state index contributed by atoms with van der Waals surface area (Å²) in [4.78, 5) is 10.8. The molecule has 4 nitrogen and oxygen atoms in total. The van der Waals surface area contributed by atoms with E-state index in [4.69, 9.17) is 15.1 Å². The van der Waals surface area contributed by atoms with Gasteiger partial charge < -0.3 is 9.84 Å². The quantitative estimate of drug-likeness (QED) is 0.493. The predicted molar refractivity (Wildman–Crippen MR) is 75.8 cm³/mol. The van der Waals surface area contributed by atoms with Crippen molar-refractivity contribution in [2.45, 2.75) is 19.8 Å². The van der Waals surface area contributed by atoms with E-state index in [1.165, 1.54) is 6.08 Å². The van der Waals surface area contributed by atoms with Gasteiger partial charge in [-0.15, -0.1) is 0 Å². The lowest BCUT2D eigenvalue weighted by Crippen LogP contribution is -2.00. The highest BCUT2D eigenvalue weighted by Gasteiger charge is 2.09. The van der Waals surface area contributed by atoms with E-state index < -0.39 is 5.97 Å². The van der Waals surface area contributed by atoms with Crippen molar-refractivity contribution in [2.24, 2.45) is 0 Å². The lowest BCUT2D eigenvalue weighted by molar-refractivity contribution is -0.132. The summed E-state index contributed by atoms with van der Waals surface area (Å²) in [6, 6.07) is 6.94. The maximum atomic E-state index is 10.8. The highest BCUT2D eigenvalue weighted by molar-refractivity contribution is 9.10. The number of unbranched alkanes of at least 4 members (excludes halogenated alkanes) is 1. The zero-order valence-electron chi connectivity index (χ0n) is 10.5. The zero-order chi connectivity index (χ0) is 14.3. The number of carbonyl (C=O) groups is 1. The minimum atomic E-state index is -1.25. The van der Waals surface area contributed by atoms with Gasteiger partial charge in [-0.05, 0) is 30.7 Å². The Morgan fingerprint density at radius 2 is 2.32 bits per heavy atom. The molecule has 1 N–H and O–H groups in total. The first kappa shape index (κ1) is 15.3. The molecule has 0 aromatic heterocycles. The van der Waals surface area contributed by atoms with Crippen LogP contribution < -0.4 is 4.74 Å². The van der Waals surface area contributed by atoms with Gasteiger partial charge in [-0.25, -0.2) is 4.79 Å². The molecule has 0 unspecified atom stereocenters. The van der Waals surface area contributed by atoms with Crippen molar-refractivity contribution < 1.29 is 14.6 Å². The van der Waals surface area contributed by atoms with E-state index in [1.807, 2.05) is 6.07 Å². The second kappa shape index (κ2) is 7.59. The summed E-state index contributed by atoms with van der Waals surface area (Å²) < 4.78 is 6.39. The molecule has 0 bridgehead atoms. The molecule has 0 aliphatic heterocycles. The molecule has 0 aliphatic rings. The molecule has 0 atom stereocenters. The normalized spacial score (nSPS) is 10.9. The highest BCUT2D eigenvalue weighted by Crippen LogP contribution is 2.25. The number of aliphatic carboxylic acids is 1. The van der Waals surface area contributed by atoms with Gasteiger partial charge in [0.25, 0.3) is 0 Å². The lowest BCUT2D eigenvalue weighted by atomic mass is 10.1. The van der Waals surface area contributed by atoms with E-state index in [2.05, 4.69) is 22.9 Å². The second-order valence-corrected chi connectivity index (χ2v) is 4.77. The highest BCUT2D eigenvalue weighted by atomic mass is 79.9. The average molecular weight is 324 g/mol. The number of hydrogen-bond acceptors (Lipinski definition) is 3. The molecule has 19 heavy (non-hydrogen) atoms. The molecule has 0 spiro atoms. The van der Waals surface area contributed by atoms with Crippen LogP contribution in [0.5, 0.6) is 5.75 Å². The van der Waals surface area contributed by atoms with E-state index in [-0.39, 0.29) is 5.57 Å². The lowest BCUT2D eigenvalue weighted by Gasteiger charge is -2.09. The summed E-state index contributed by atoms with van der Waals surface area (Å²) in [7, 11) is 0. The molecule has 1 aromatic carbocycles. The minimum absolute atomic E-state index is 0.321. The van der Waals surface area contributed by atoms with Crippen LogP contribution in [-0.2, 0) is 4.79 Å². The van der Waals surface area contributed by atoms with Crippen molar-refractivity contribution in [1.82, 2.24) is 0 Å². The fourth-order valence-electron chi connectivity index (χ4n) is 1.39. The Labute approximate surface area is 120 Å². The van der Waals surface area contributed by atoms with Gasteiger partial charge in [-0.3, -0.25) is 0 Å². The Hall–Kier alpha value is -1.80. The monoisotopic (exact) mass is 323 g/mol. The van der Waals surface area contributed by atoms with Crippen molar-refractivity contribution in [3.8, 4) is 11.8 Å². The Morgan fingerprint density at radius 1 is 1.58 bits per heavy atom. The number of nitriles is 1. The molecular formula is C14H14BrNO3. The molecule has 0 heterocycles. The second-order valence-electron chi connectivity index (χ2n) is 3.86. The average Bonchev–Trinajstić information content (AvgIpc) is 2.38. The van der Waals surface area contributed by atoms with E-state index in [0.29, 0.717) is 17.9 Å². The molecule has 1 aromatic rings. The van der Waals surface area contributed by atoms with Crippen molar-refractivity contribution >= 4 is 28.0 Å². The Bertz CT molecular complexity index is 532. The standard InChI is InChI=1S/C14H14BrNO3/c1-2-3-6-19-13-5-4-12(15)8-10(13)7-11(9-16)14(17)18/h4-5,7-8H,2-3,6H2,1H3,(H,17,18). The number of benzene rings is 1. The van der Waals surface area contributed by atoms with Crippen LogP contribution >= 0.6 is 15.9 Å². The van der Waals surface area contributed by atoms with Crippen LogP contribution in [0.3, 0.4) is 0 Å². The Kier molecular flexibility index (Phi) is 6.10. The van der Waals surface area contributed by atoms with Gasteiger partial charge in [0.1, 0.15) is 17.4 Å². The fraction of sp³-hybridized carbons (Fsp3) is 0.286. The third-order valence-electron chi connectivity index (χ3n) is 2.38. The van der Waals surface area contributed by atoms with E-state index >= 15 is 0 Å². The number of ether oxygens (including phenoxy) is 1. The molecule has 0 aliphatic carbocycles. The van der Waals surface area contributed by atoms with Gasteiger partial charge in [0.2, 0.25) is 0 Å². The van der Waals surface area contributed by atoms with Crippen LogP contribution in [0.1, 0.15) is 25.3 Å². The van der Waals surface area contributed by atoms with Crippen molar-refractivity contribution in [3.05, 3.63) is 33.8 Å². The number of carboxylic acid groups (broad SMARTS) is 1. The summed E-state index contributed by atoms with van der Waals surface area (Å²) in [5.74, 6) is -0.673. The van der Waals surface area contributed by atoms with Crippen LogP contribution in [0.15, 0.2) is 28.2 Å². The molecular weight excluding hydrogens is 310 g/mol. The maximum absolute atomic E-state index is 10.8. The van der Waals surface area contributed by atoms with Gasteiger partial charge in [-0.2, -0.15) is 5.26 Å². The molecule has 5 heteroatoms. The van der Waals surface area contributed by atoms with E-state index in [1.54, 1.807) is 18.2 Å². The van der Waals surface area contributed by atoms with Gasteiger partial charge in [0.05, 0.1) is 6.61 Å². The maximum Gasteiger partial charge on any atom is 0.346 e. The smallest absolute Gasteiger partial charge is 0.346 e. The first-order valence-electron chi connectivity index (χ1n) is 5.86. The van der Waals surface area contributed by atoms with Crippen LogP contribution in [0.25, 0.3) is 6.08 Å². The summed E-state index contributed by atoms with van der Waals surface area (Å²) >= 11 is 3.31. The number of halogens is 1. The summed E-state index contributed by atoms with van der Waals surface area (Å²) in [5, 5.41) is 17.6. The Balaban J connectivity index is 3.07. The van der Waals surface area contributed by atoms with Gasteiger partial charge in [0, 0.05) is 10.0 Å².